The molecule has 0 saturated carbocycles. The van der Waals surface area contributed by atoms with Gasteiger partial charge in [0.15, 0.2) is 0 Å². The standard InChI is InChI=1S/C18H19N3O4/c19-16(22)12-3-5-15(6-4-12)20-17(23)13-2-1-8-21(10-13)18(24)14-7-9-25-11-14/h3-7,9,11,13H,1-2,8,10H2,(H2,19,22)(H,20,23)/t13-/m1/s1. The molecule has 1 atom stereocenters. The Morgan fingerprint density at radius 1 is 1.12 bits per heavy atom. The van der Waals surface area contributed by atoms with Gasteiger partial charge in [-0.3, -0.25) is 14.4 Å². The maximum absolute atomic E-state index is 12.5. The van der Waals surface area contributed by atoms with Gasteiger partial charge in [-0.05, 0) is 43.2 Å². The maximum atomic E-state index is 12.5. The molecule has 3 rings (SSSR count). The number of piperidine rings is 1. The molecule has 7 heteroatoms. The molecule has 1 aliphatic rings. The van der Waals surface area contributed by atoms with Crippen molar-refractivity contribution in [2.24, 2.45) is 11.7 Å². The van der Waals surface area contributed by atoms with E-state index in [1.165, 1.54) is 12.5 Å². The predicted octanol–water partition coefficient (Wildman–Crippen LogP) is 1.87. The van der Waals surface area contributed by atoms with Gasteiger partial charge in [0.05, 0.1) is 17.7 Å². The number of amides is 3. The van der Waals surface area contributed by atoms with Crippen molar-refractivity contribution in [1.29, 1.82) is 0 Å². The van der Waals surface area contributed by atoms with E-state index in [2.05, 4.69) is 5.32 Å². The van der Waals surface area contributed by atoms with Gasteiger partial charge in [0.2, 0.25) is 11.8 Å². The number of primary amides is 1. The first kappa shape index (κ1) is 16.8. The van der Waals surface area contributed by atoms with Crippen LogP contribution in [0.1, 0.15) is 33.6 Å². The quantitative estimate of drug-likeness (QED) is 0.885. The molecular weight excluding hydrogens is 322 g/mol. The molecule has 1 aromatic carbocycles. The van der Waals surface area contributed by atoms with E-state index in [0.29, 0.717) is 29.9 Å². The van der Waals surface area contributed by atoms with Crippen LogP contribution in [0.25, 0.3) is 0 Å². The van der Waals surface area contributed by atoms with E-state index in [9.17, 15) is 14.4 Å². The zero-order chi connectivity index (χ0) is 17.8. The fraction of sp³-hybridized carbons (Fsp3) is 0.278. The third-order valence-corrected chi connectivity index (χ3v) is 4.28. The summed E-state index contributed by atoms with van der Waals surface area (Å²) in [6.07, 6.45) is 4.35. The van der Waals surface area contributed by atoms with E-state index in [0.717, 1.165) is 12.8 Å². The molecule has 1 saturated heterocycles. The number of hydrogen-bond acceptors (Lipinski definition) is 4. The maximum Gasteiger partial charge on any atom is 0.257 e. The van der Waals surface area contributed by atoms with Gasteiger partial charge in [0.1, 0.15) is 6.26 Å². The predicted molar refractivity (Wildman–Crippen MR) is 90.9 cm³/mol. The van der Waals surface area contributed by atoms with Crippen LogP contribution in [0.15, 0.2) is 47.3 Å². The molecule has 1 aromatic heterocycles. The minimum Gasteiger partial charge on any atom is -0.472 e. The minimum absolute atomic E-state index is 0.128. The number of nitrogens with two attached hydrogens (primary N) is 1. The molecular formula is C18H19N3O4. The van der Waals surface area contributed by atoms with Crippen LogP contribution in [0.4, 0.5) is 5.69 Å². The second-order valence-electron chi connectivity index (χ2n) is 6.03. The van der Waals surface area contributed by atoms with Crippen molar-refractivity contribution < 1.29 is 18.8 Å². The number of carbonyl (C=O) groups is 3. The Hall–Kier alpha value is -3.09. The van der Waals surface area contributed by atoms with Crippen molar-refractivity contribution in [2.75, 3.05) is 18.4 Å². The summed E-state index contributed by atoms with van der Waals surface area (Å²) in [4.78, 5) is 37.6. The van der Waals surface area contributed by atoms with Gasteiger partial charge in [0.25, 0.3) is 5.91 Å². The molecule has 130 valence electrons. The molecule has 3 N–H and O–H groups in total. The largest absolute Gasteiger partial charge is 0.472 e. The molecule has 0 unspecified atom stereocenters. The summed E-state index contributed by atoms with van der Waals surface area (Å²) >= 11 is 0. The fourth-order valence-electron chi connectivity index (χ4n) is 2.91. The van der Waals surface area contributed by atoms with Gasteiger partial charge in [-0.15, -0.1) is 0 Å². The molecule has 7 nitrogen and oxygen atoms in total. The average molecular weight is 341 g/mol. The van der Waals surface area contributed by atoms with Crippen LogP contribution < -0.4 is 11.1 Å². The van der Waals surface area contributed by atoms with E-state index >= 15 is 0 Å². The number of likely N-dealkylation sites (tertiary alicyclic amines) is 1. The van der Waals surface area contributed by atoms with Gasteiger partial charge in [-0.25, -0.2) is 0 Å². The number of rotatable bonds is 4. The van der Waals surface area contributed by atoms with Crippen molar-refractivity contribution in [2.45, 2.75) is 12.8 Å². The van der Waals surface area contributed by atoms with Crippen LogP contribution in [0.5, 0.6) is 0 Å². The van der Waals surface area contributed by atoms with Crippen molar-refractivity contribution in [3.05, 3.63) is 54.0 Å². The first-order valence-corrected chi connectivity index (χ1v) is 8.07. The zero-order valence-corrected chi connectivity index (χ0v) is 13.6. The molecule has 1 fully saturated rings. The number of hydrogen-bond donors (Lipinski definition) is 2. The van der Waals surface area contributed by atoms with Gasteiger partial charge < -0.3 is 20.4 Å². The molecule has 0 radical (unpaired) electrons. The van der Waals surface area contributed by atoms with E-state index in [-0.39, 0.29) is 17.7 Å². The second kappa shape index (κ2) is 7.21. The van der Waals surface area contributed by atoms with Crippen LogP contribution in [0.2, 0.25) is 0 Å². The Kier molecular flexibility index (Phi) is 4.83. The second-order valence-corrected chi connectivity index (χ2v) is 6.03. The van der Waals surface area contributed by atoms with Crippen molar-refractivity contribution in [3.63, 3.8) is 0 Å². The van der Waals surface area contributed by atoms with Crippen molar-refractivity contribution in [3.8, 4) is 0 Å². The molecule has 0 bridgehead atoms. The fourth-order valence-corrected chi connectivity index (χ4v) is 2.91. The number of nitrogens with zero attached hydrogens (tertiary/aromatic N) is 1. The highest BCUT2D eigenvalue weighted by Gasteiger charge is 2.29. The van der Waals surface area contributed by atoms with Crippen LogP contribution in [-0.2, 0) is 4.79 Å². The molecule has 1 aliphatic heterocycles. The third kappa shape index (κ3) is 3.88. The summed E-state index contributed by atoms with van der Waals surface area (Å²) in [6, 6.07) is 8.01. The lowest BCUT2D eigenvalue weighted by molar-refractivity contribution is -0.121. The molecule has 0 spiro atoms. The summed E-state index contributed by atoms with van der Waals surface area (Å²) in [7, 11) is 0. The number of nitrogens with one attached hydrogen (secondary N) is 1. The van der Waals surface area contributed by atoms with Crippen LogP contribution in [0, 0.1) is 5.92 Å². The SMILES string of the molecule is NC(=O)c1ccc(NC(=O)[C@@H]2CCCN(C(=O)c3ccoc3)C2)cc1. The number of benzene rings is 1. The van der Waals surface area contributed by atoms with E-state index in [4.69, 9.17) is 10.2 Å². The van der Waals surface area contributed by atoms with Gasteiger partial charge in [-0.2, -0.15) is 0 Å². The lowest BCUT2D eigenvalue weighted by atomic mass is 9.96. The molecule has 2 aromatic rings. The smallest absolute Gasteiger partial charge is 0.257 e. The van der Waals surface area contributed by atoms with Gasteiger partial charge >= 0.3 is 0 Å². The lowest BCUT2D eigenvalue weighted by Gasteiger charge is -2.31. The third-order valence-electron chi connectivity index (χ3n) is 4.28. The molecule has 0 aliphatic carbocycles. The number of furan rings is 1. The lowest BCUT2D eigenvalue weighted by Crippen LogP contribution is -2.43. The summed E-state index contributed by atoms with van der Waals surface area (Å²) < 4.78 is 4.95. The number of anilines is 1. The Morgan fingerprint density at radius 3 is 2.52 bits per heavy atom. The van der Waals surface area contributed by atoms with Gasteiger partial charge in [0, 0.05) is 24.3 Å². The molecule has 3 amide bonds. The van der Waals surface area contributed by atoms with Crippen LogP contribution >= 0.6 is 0 Å². The summed E-state index contributed by atoms with van der Waals surface area (Å²) in [6.45, 7) is 0.996. The minimum atomic E-state index is -0.515. The topological polar surface area (TPSA) is 106 Å². The first-order valence-electron chi connectivity index (χ1n) is 8.07. The first-order chi connectivity index (χ1) is 12.0. The Bertz CT molecular complexity index is 768. The van der Waals surface area contributed by atoms with Crippen LogP contribution in [-0.4, -0.2) is 35.7 Å². The Morgan fingerprint density at radius 2 is 1.88 bits per heavy atom. The summed E-state index contributed by atoms with van der Waals surface area (Å²) in [5.74, 6) is -1.06. The number of carbonyl (C=O) groups excluding carboxylic acids is 3. The van der Waals surface area contributed by atoms with E-state index < -0.39 is 5.91 Å². The van der Waals surface area contributed by atoms with E-state index in [1.54, 1.807) is 35.2 Å². The van der Waals surface area contributed by atoms with Crippen LogP contribution in [0.3, 0.4) is 0 Å². The van der Waals surface area contributed by atoms with E-state index in [1.807, 2.05) is 0 Å². The summed E-state index contributed by atoms with van der Waals surface area (Å²) in [5.41, 5.74) is 6.66. The average Bonchev–Trinajstić information content (AvgIpc) is 3.16. The highest BCUT2D eigenvalue weighted by atomic mass is 16.3. The Labute approximate surface area is 144 Å². The van der Waals surface area contributed by atoms with Gasteiger partial charge in [-0.1, -0.05) is 0 Å². The monoisotopic (exact) mass is 341 g/mol. The normalized spacial score (nSPS) is 17.1. The zero-order valence-electron chi connectivity index (χ0n) is 13.6. The van der Waals surface area contributed by atoms with Crippen molar-refractivity contribution >= 4 is 23.4 Å². The highest BCUT2D eigenvalue weighted by Crippen LogP contribution is 2.21. The van der Waals surface area contributed by atoms with Crippen molar-refractivity contribution in [1.82, 2.24) is 4.90 Å². The molecule has 25 heavy (non-hydrogen) atoms. The Balaban J connectivity index is 1.61. The molecule has 2 heterocycles. The highest BCUT2D eigenvalue weighted by molar-refractivity contribution is 5.97. The summed E-state index contributed by atoms with van der Waals surface area (Å²) in [5, 5.41) is 2.82.